The number of nitrogens with two attached hydrogens (primary N) is 2. The van der Waals surface area contributed by atoms with E-state index < -0.39 is 23.8 Å². The lowest BCUT2D eigenvalue weighted by molar-refractivity contribution is -0.128. The molecule has 24 heavy (non-hydrogen) atoms. The number of primary amides is 2. The molecule has 0 aliphatic heterocycles. The molecule has 1 aromatic heterocycles. The predicted octanol–water partition coefficient (Wildman–Crippen LogP) is -0.0357. The lowest BCUT2D eigenvalue weighted by atomic mass is 10.2. The Balaban J connectivity index is 2.04. The van der Waals surface area contributed by atoms with E-state index in [1.165, 1.54) is 16.7 Å². The number of anilines is 2. The van der Waals surface area contributed by atoms with Crippen LogP contribution in [0.5, 0.6) is 5.75 Å². The summed E-state index contributed by atoms with van der Waals surface area (Å²) in [7, 11) is 1.57. The Morgan fingerprint density at radius 2 is 1.79 bits per heavy atom. The summed E-state index contributed by atoms with van der Waals surface area (Å²) in [5.74, 6) is -2.09. The van der Waals surface area contributed by atoms with Gasteiger partial charge in [-0.1, -0.05) is 0 Å². The zero-order chi connectivity index (χ0) is 17.7. The second-order valence-electron chi connectivity index (χ2n) is 4.60. The molecule has 0 aliphatic rings. The number of ether oxygens (including phenoxy) is 1. The summed E-state index contributed by atoms with van der Waals surface area (Å²) in [6.07, 6.45) is 0. The van der Waals surface area contributed by atoms with Crippen LogP contribution in [-0.4, -0.2) is 35.9 Å². The maximum atomic E-state index is 12.0. The van der Waals surface area contributed by atoms with Crippen molar-refractivity contribution in [2.24, 2.45) is 11.5 Å². The Morgan fingerprint density at radius 3 is 2.33 bits per heavy atom. The fourth-order valence-electron chi connectivity index (χ4n) is 1.72. The molecule has 9 nitrogen and oxygen atoms in total. The SMILES string of the molecule is COc1ccc(Nc2nc(C(=O)NC(C(N)=O)C(N)=O)cs2)cc1. The largest absolute Gasteiger partial charge is 0.497 e. The number of hydrogen-bond donors (Lipinski definition) is 4. The van der Waals surface area contributed by atoms with Crippen LogP contribution in [0.15, 0.2) is 29.6 Å². The van der Waals surface area contributed by atoms with Gasteiger partial charge in [0.05, 0.1) is 7.11 Å². The lowest BCUT2D eigenvalue weighted by Gasteiger charge is -2.10. The summed E-state index contributed by atoms with van der Waals surface area (Å²) in [4.78, 5) is 38.2. The molecule has 0 spiro atoms. The number of carbonyl (C=O) groups is 3. The van der Waals surface area contributed by atoms with Crippen LogP contribution in [0.1, 0.15) is 10.5 Å². The minimum Gasteiger partial charge on any atom is -0.497 e. The molecule has 1 heterocycles. The van der Waals surface area contributed by atoms with Crippen molar-refractivity contribution in [1.82, 2.24) is 10.3 Å². The topological polar surface area (TPSA) is 149 Å². The number of carbonyl (C=O) groups excluding carboxylic acids is 3. The van der Waals surface area contributed by atoms with Crippen LogP contribution < -0.4 is 26.8 Å². The molecule has 0 atom stereocenters. The number of aromatic nitrogens is 1. The van der Waals surface area contributed by atoms with E-state index >= 15 is 0 Å². The van der Waals surface area contributed by atoms with E-state index in [4.69, 9.17) is 16.2 Å². The number of nitrogens with zero attached hydrogens (tertiary/aromatic N) is 1. The fraction of sp³-hybridized carbons (Fsp3) is 0.143. The fourth-order valence-corrected chi connectivity index (χ4v) is 2.43. The first-order chi connectivity index (χ1) is 11.4. The van der Waals surface area contributed by atoms with Crippen LogP contribution in [0.2, 0.25) is 0 Å². The van der Waals surface area contributed by atoms with Gasteiger partial charge in [0, 0.05) is 11.1 Å². The third-order valence-electron chi connectivity index (χ3n) is 2.92. The average Bonchev–Trinajstić information content (AvgIpc) is 3.01. The minimum absolute atomic E-state index is 0.0310. The average molecular weight is 349 g/mol. The van der Waals surface area contributed by atoms with Gasteiger partial charge in [-0.3, -0.25) is 14.4 Å². The van der Waals surface area contributed by atoms with Crippen LogP contribution in [0.4, 0.5) is 10.8 Å². The van der Waals surface area contributed by atoms with Crippen LogP contribution in [0.3, 0.4) is 0 Å². The van der Waals surface area contributed by atoms with E-state index in [2.05, 4.69) is 15.6 Å². The van der Waals surface area contributed by atoms with E-state index in [1.807, 2.05) is 0 Å². The van der Waals surface area contributed by atoms with Crippen molar-refractivity contribution in [3.05, 3.63) is 35.3 Å². The zero-order valence-electron chi connectivity index (χ0n) is 12.6. The number of rotatable bonds is 7. The minimum atomic E-state index is -1.59. The van der Waals surface area contributed by atoms with Crippen molar-refractivity contribution in [2.75, 3.05) is 12.4 Å². The molecular formula is C14H15N5O4S. The molecule has 0 radical (unpaired) electrons. The Kier molecular flexibility index (Phi) is 5.32. The molecule has 3 amide bonds. The smallest absolute Gasteiger partial charge is 0.271 e. The van der Waals surface area contributed by atoms with Gasteiger partial charge in [0.2, 0.25) is 11.8 Å². The Hall–Kier alpha value is -3.14. The van der Waals surface area contributed by atoms with Gasteiger partial charge in [0.25, 0.3) is 5.91 Å². The highest BCUT2D eigenvalue weighted by molar-refractivity contribution is 7.14. The van der Waals surface area contributed by atoms with Gasteiger partial charge in [0.1, 0.15) is 11.4 Å². The molecule has 6 N–H and O–H groups in total. The molecule has 2 rings (SSSR count). The Labute approximate surface area is 141 Å². The van der Waals surface area contributed by atoms with Gasteiger partial charge < -0.3 is 26.8 Å². The molecule has 0 saturated carbocycles. The molecule has 1 aromatic carbocycles. The zero-order valence-corrected chi connectivity index (χ0v) is 13.4. The summed E-state index contributed by atoms with van der Waals surface area (Å²) < 4.78 is 5.06. The number of nitrogens with one attached hydrogen (secondary N) is 2. The van der Waals surface area contributed by atoms with E-state index in [9.17, 15) is 14.4 Å². The number of amides is 3. The van der Waals surface area contributed by atoms with Crippen LogP contribution >= 0.6 is 11.3 Å². The highest BCUT2D eigenvalue weighted by Gasteiger charge is 2.25. The van der Waals surface area contributed by atoms with Crippen molar-refractivity contribution >= 4 is 39.9 Å². The second-order valence-corrected chi connectivity index (χ2v) is 5.46. The van der Waals surface area contributed by atoms with Crippen molar-refractivity contribution in [2.45, 2.75) is 6.04 Å². The quantitative estimate of drug-likeness (QED) is 0.515. The summed E-state index contributed by atoms with van der Waals surface area (Å²) in [6.45, 7) is 0. The van der Waals surface area contributed by atoms with E-state index in [-0.39, 0.29) is 5.69 Å². The van der Waals surface area contributed by atoms with Crippen LogP contribution in [-0.2, 0) is 9.59 Å². The summed E-state index contributed by atoms with van der Waals surface area (Å²) in [5.41, 5.74) is 10.8. The van der Waals surface area contributed by atoms with Crippen molar-refractivity contribution in [3.63, 3.8) is 0 Å². The second kappa shape index (κ2) is 7.42. The van der Waals surface area contributed by atoms with Gasteiger partial charge in [-0.25, -0.2) is 4.98 Å². The van der Waals surface area contributed by atoms with Gasteiger partial charge in [-0.15, -0.1) is 11.3 Å². The summed E-state index contributed by atoms with van der Waals surface area (Å²) in [6, 6.07) is 5.53. The standard InChI is InChI=1S/C14H15N5O4S/c1-23-8-4-2-7(3-5-8)17-14-18-9(6-24-14)13(22)19-10(11(15)20)12(16)21/h2-6,10H,1H3,(H2,15,20)(H2,16,21)(H,17,18)(H,19,22). The number of benzene rings is 1. The van der Waals surface area contributed by atoms with Crippen LogP contribution in [0, 0.1) is 0 Å². The van der Waals surface area contributed by atoms with Gasteiger partial charge in [-0.05, 0) is 24.3 Å². The van der Waals surface area contributed by atoms with Crippen molar-refractivity contribution < 1.29 is 19.1 Å². The Morgan fingerprint density at radius 1 is 1.17 bits per heavy atom. The first-order valence-corrected chi connectivity index (χ1v) is 7.54. The van der Waals surface area contributed by atoms with E-state index in [0.29, 0.717) is 10.9 Å². The first kappa shape index (κ1) is 17.2. The molecule has 2 aromatic rings. The number of thiazole rings is 1. The number of methoxy groups -OCH3 is 1. The van der Waals surface area contributed by atoms with Gasteiger partial charge in [-0.2, -0.15) is 0 Å². The van der Waals surface area contributed by atoms with Crippen LogP contribution in [0.25, 0.3) is 0 Å². The normalized spacial score (nSPS) is 10.2. The number of hydrogen-bond acceptors (Lipinski definition) is 7. The first-order valence-electron chi connectivity index (χ1n) is 6.67. The van der Waals surface area contributed by atoms with Gasteiger partial charge in [0.15, 0.2) is 11.2 Å². The Bertz CT molecular complexity index is 745. The summed E-state index contributed by atoms with van der Waals surface area (Å²) in [5, 5.41) is 7.09. The summed E-state index contributed by atoms with van der Waals surface area (Å²) >= 11 is 1.18. The highest BCUT2D eigenvalue weighted by atomic mass is 32.1. The molecule has 0 aliphatic carbocycles. The molecule has 0 fully saturated rings. The van der Waals surface area contributed by atoms with Crippen molar-refractivity contribution in [1.29, 1.82) is 0 Å². The molecule has 0 bridgehead atoms. The van der Waals surface area contributed by atoms with Gasteiger partial charge >= 0.3 is 0 Å². The molecule has 126 valence electrons. The highest BCUT2D eigenvalue weighted by Crippen LogP contribution is 2.22. The van der Waals surface area contributed by atoms with E-state index in [1.54, 1.807) is 31.4 Å². The molecule has 0 saturated heterocycles. The molecule has 10 heteroatoms. The molecule has 0 unspecified atom stereocenters. The third kappa shape index (κ3) is 4.20. The van der Waals surface area contributed by atoms with Crippen molar-refractivity contribution in [3.8, 4) is 5.75 Å². The molecular weight excluding hydrogens is 334 g/mol. The maximum Gasteiger partial charge on any atom is 0.271 e. The van der Waals surface area contributed by atoms with E-state index in [0.717, 1.165) is 5.69 Å². The third-order valence-corrected chi connectivity index (χ3v) is 3.68. The monoisotopic (exact) mass is 349 g/mol. The maximum absolute atomic E-state index is 12.0. The predicted molar refractivity (Wildman–Crippen MR) is 88.0 cm³/mol. The lowest BCUT2D eigenvalue weighted by Crippen LogP contribution is -2.52.